The molecule has 1 N–H and O–H groups in total. The first-order chi connectivity index (χ1) is 28.4. The second-order valence-electron chi connectivity index (χ2n) is 14.4. The van der Waals surface area contributed by atoms with E-state index in [1.807, 2.05) is 80.6 Å². The Bertz CT molecular complexity index is 2830. The molecular weight excluding hydrogens is 763 g/mol. The molecule has 0 aliphatic carbocycles. The third-order valence-corrected chi connectivity index (χ3v) is 11.8. The van der Waals surface area contributed by atoms with E-state index in [2.05, 4.69) is 6.58 Å². The summed E-state index contributed by atoms with van der Waals surface area (Å²) >= 11 is 0. The van der Waals surface area contributed by atoms with Gasteiger partial charge in [-0.15, -0.1) is 0 Å². The molecule has 7 aromatic rings. The van der Waals surface area contributed by atoms with Gasteiger partial charge in [-0.1, -0.05) is 105 Å². The van der Waals surface area contributed by atoms with E-state index in [-0.39, 0.29) is 46.0 Å². The summed E-state index contributed by atoms with van der Waals surface area (Å²) in [7, 11) is -4.78. The van der Waals surface area contributed by atoms with Crippen LogP contribution in [-0.2, 0) is 28.1 Å². The maximum Gasteiger partial charge on any atom is 0.338 e. The summed E-state index contributed by atoms with van der Waals surface area (Å²) in [5.41, 5.74) is 7.48. The minimum Gasteiger partial charge on any atom is -0.545 e. The number of benzene rings is 6. The number of carbonyl (C=O) groups is 2. The molecule has 298 valence electrons. The lowest BCUT2D eigenvalue weighted by Gasteiger charge is -2.21. The smallest absolute Gasteiger partial charge is 0.338 e. The molecular formula is C49H43NO8S. The monoisotopic (exact) mass is 805 g/mol. The van der Waals surface area contributed by atoms with Gasteiger partial charge in [-0.3, -0.25) is 4.55 Å². The van der Waals surface area contributed by atoms with Gasteiger partial charge in [-0.25, -0.2) is 4.79 Å². The minimum atomic E-state index is -4.78. The maximum absolute atomic E-state index is 13.4. The Morgan fingerprint density at radius 3 is 2.17 bits per heavy atom. The highest BCUT2D eigenvalue weighted by atomic mass is 32.2. The van der Waals surface area contributed by atoms with Gasteiger partial charge in [0.25, 0.3) is 5.37 Å². The molecule has 59 heavy (non-hydrogen) atoms. The van der Waals surface area contributed by atoms with Crippen molar-refractivity contribution in [2.75, 3.05) is 0 Å². The number of hydrogen-bond acceptors (Lipinski definition) is 7. The van der Waals surface area contributed by atoms with Crippen molar-refractivity contribution in [2.24, 2.45) is 0 Å². The van der Waals surface area contributed by atoms with Crippen molar-refractivity contribution in [2.45, 2.75) is 52.2 Å². The largest absolute Gasteiger partial charge is 0.545 e. The number of pyridine rings is 1. The molecule has 0 bridgehead atoms. The summed E-state index contributed by atoms with van der Waals surface area (Å²) in [4.78, 5) is 26.6. The second-order valence-corrected chi connectivity index (χ2v) is 16.0. The van der Waals surface area contributed by atoms with E-state index in [0.717, 1.165) is 27.8 Å². The van der Waals surface area contributed by atoms with E-state index in [1.165, 1.54) is 4.57 Å². The van der Waals surface area contributed by atoms with E-state index in [1.54, 1.807) is 73.7 Å². The summed E-state index contributed by atoms with van der Waals surface area (Å²) in [6.07, 6.45) is 2.09. The number of nitrogens with zero attached hydrogens (tertiary/aromatic N) is 1. The number of esters is 1. The van der Waals surface area contributed by atoms with Gasteiger partial charge >= 0.3 is 16.1 Å². The summed E-state index contributed by atoms with van der Waals surface area (Å²) in [5.74, 6) is -1.45. The highest BCUT2D eigenvalue weighted by Crippen LogP contribution is 2.43. The van der Waals surface area contributed by atoms with Crippen molar-refractivity contribution in [3.05, 3.63) is 173 Å². The van der Waals surface area contributed by atoms with E-state index in [4.69, 9.17) is 9.47 Å². The molecule has 1 atom stereocenters. The molecule has 0 aliphatic rings. The molecule has 0 amide bonds. The fraction of sp³-hybridized carbons (Fsp3) is 0.163. The molecule has 0 spiro atoms. The fourth-order valence-corrected chi connectivity index (χ4v) is 8.76. The van der Waals surface area contributed by atoms with E-state index in [9.17, 15) is 27.7 Å². The van der Waals surface area contributed by atoms with Gasteiger partial charge in [0.1, 0.15) is 19.0 Å². The van der Waals surface area contributed by atoms with Crippen LogP contribution in [0, 0.1) is 13.8 Å². The number of carboxylic acid groups (broad SMARTS) is 1. The lowest BCUT2D eigenvalue weighted by Crippen LogP contribution is -2.46. The highest BCUT2D eigenvalue weighted by Gasteiger charge is 2.38. The summed E-state index contributed by atoms with van der Waals surface area (Å²) < 4.78 is 51.2. The van der Waals surface area contributed by atoms with Gasteiger partial charge in [-0.05, 0) is 101 Å². The highest BCUT2D eigenvalue weighted by molar-refractivity contribution is 7.85. The van der Waals surface area contributed by atoms with E-state index in [0.29, 0.717) is 41.0 Å². The van der Waals surface area contributed by atoms with Crippen LogP contribution in [0.3, 0.4) is 0 Å². The topological polar surface area (TPSA) is 134 Å². The van der Waals surface area contributed by atoms with E-state index < -0.39 is 27.4 Å². The Labute approximate surface area is 343 Å². The Balaban J connectivity index is 1.50. The van der Waals surface area contributed by atoms with Crippen LogP contribution in [0.25, 0.3) is 50.1 Å². The first-order valence-electron chi connectivity index (χ1n) is 19.3. The third kappa shape index (κ3) is 8.23. The lowest BCUT2D eigenvalue weighted by atomic mass is 9.87. The van der Waals surface area contributed by atoms with Gasteiger partial charge in [0.15, 0.2) is 0 Å². The maximum atomic E-state index is 13.4. The zero-order valence-electron chi connectivity index (χ0n) is 33.0. The molecule has 0 radical (unpaired) electrons. The zero-order chi connectivity index (χ0) is 41.8. The summed E-state index contributed by atoms with van der Waals surface area (Å²) in [6, 6.07) is 37.8. The van der Waals surface area contributed by atoms with Crippen LogP contribution in [0.1, 0.15) is 73.7 Å². The van der Waals surface area contributed by atoms with Crippen molar-refractivity contribution in [3.63, 3.8) is 0 Å². The number of ether oxygens (including phenoxy) is 2. The van der Waals surface area contributed by atoms with Crippen molar-refractivity contribution in [3.8, 4) is 28.0 Å². The molecule has 1 aromatic heterocycles. The van der Waals surface area contributed by atoms with Crippen molar-refractivity contribution < 1.29 is 41.7 Å². The van der Waals surface area contributed by atoms with Gasteiger partial charge in [0.05, 0.1) is 27.9 Å². The number of carbonyl (C=O) groups excluding carboxylic acids is 2. The molecule has 0 fully saturated rings. The Morgan fingerprint density at radius 2 is 1.51 bits per heavy atom. The van der Waals surface area contributed by atoms with Gasteiger partial charge in [0, 0.05) is 18.1 Å². The summed E-state index contributed by atoms with van der Waals surface area (Å²) in [6.45, 7) is 10.2. The Kier molecular flexibility index (Phi) is 11.7. The zero-order valence-corrected chi connectivity index (χ0v) is 33.8. The normalized spacial score (nSPS) is 12.0. The van der Waals surface area contributed by atoms with Crippen molar-refractivity contribution >= 4 is 49.9 Å². The average Bonchev–Trinajstić information content (AvgIpc) is 3.23. The average molecular weight is 806 g/mol. The number of aromatic nitrogens is 1. The number of aryl methyl sites for hydroxylation is 2. The van der Waals surface area contributed by atoms with Crippen LogP contribution >= 0.6 is 0 Å². The predicted octanol–water partition coefficient (Wildman–Crippen LogP) is 9.36. The molecule has 1 heterocycles. The molecule has 6 aromatic carbocycles. The van der Waals surface area contributed by atoms with Gasteiger partial charge < -0.3 is 19.4 Å². The minimum absolute atomic E-state index is 0.0167. The quantitative estimate of drug-likeness (QED) is 0.0498. The molecule has 7 rings (SSSR count). The number of para-hydroxylation sites is 1. The van der Waals surface area contributed by atoms with Crippen LogP contribution in [-0.4, -0.2) is 24.9 Å². The number of carboxylic acids is 1. The first kappa shape index (κ1) is 40.6. The number of fused-ring (bicyclic) bond motifs is 2. The van der Waals surface area contributed by atoms with Crippen LogP contribution in [0.2, 0.25) is 0 Å². The first-order valence-corrected chi connectivity index (χ1v) is 20.8. The number of hydrogen-bond donors (Lipinski definition) is 1. The predicted molar refractivity (Wildman–Crippen MR) is 228 cm³/mol. The van der Waals surface area contributed by atoms with Gasteiger partial charge in [0.2, 0.25) is 11.0 Å². The Hall–Kier alpha value is -6.62. The number of aromatic carboxylic acids is 1. The second kappa shape index (κ2) is 17.1. The number of rotatable bonds is 14. The lowest BCUT2D eigenvalue weighted by molar-refractivity contribution is -0.651. The summed E-state index contributed by atoms with van der Waals surface area (Å²) in [5, 5.41) is 12.1. The molecule has 0 saturated carbocycles. The third-order valence-electron chi connectivity index (χ3n) is 10.7. The molecule has 0 aliphatic heterocycles. The molecule has 9 nitrogen and oxygen atoms in total. The Morgan fingerprint density at radius 1 is 0.814 bits per heavy atom. The van der Waals surface area contributed by atoms with E-state index >= 15 is 0 Å². The van der Waals surface area contributed by atoms with Crippen LogP contribution < -0.4 is 14.4 Å². The van der Waals surface area contributed by atoms with Crippen molar-refractivity contribution in [1.29, 1.82) is 0 Å². The SMILES string of the molecule is C=Cc1ccc(OCc2ccccc2)cc1-c1ccc2c(C(=O)[O-])c3ccccc3[n+](C(CCC)S(=O)(=O)O)c2c1-c1ccc(C(=O)OCc2c(C)cccc2C)cc1. The standard InChI is InChI=1S/C49H43NO8S/c1-5-13-44(59(54,55)56)50-43-19-11-10-18-39(43)46(48(51)52)40-27-26-38(41-28-37(25-24-34(41)6-2)57-29-33-16-8-7-9-17-33)45(47(40)50)35-20-22-36(23-21-35)49(53)58-30-42-31(3)14-12-15-32(42)4/h6-12,14-28,44H,2,5,13,29-30H2,1,3-4H3,(H-,51,52,54,55,56). The molecule has 1 unspecified atom stereocenters. The van der Waals surface area contributed by atoms with Crippen LogP contribution in [0.4, 0.5) is 0 Å². The fourth-order valence-electron chi connectivity index (χ4n) is 7.75. The van der Waals surface area contributed by atoms with Crippen LogP contribution in [0.5, 0.6) is 5.75 Å². The molecule has 10 heteroatoms. The van der Waals surface area contributed by atoms with Gasteiger partial charge in [-0.2, -0.15) is 13.0 Å². The van der Waals surface area contributed by atoms with Crippen molar-refractivity contribution in [1.82, 2.24) is 0 Å². The molecule has 0 saturated heterocycles. The van der Waals surface area contributed by atoms with Crippen LogP contribution in [0.15, 0.2) is 134 Å².